The first-order valence-corrected chi connectivity index (χ1v) is 5.06. The fourth-order valence-corrected chi connectivity index (χ4v) is 1.52. The van der Waals surface area contributed by atoms with Gasteiger partial charge in [0.1, 0.15) is 11.3 Å². The number of benzene rings is 1. The summed E-state index contributed by atoms with van der Waals surface area (Å²) in [6.07, 6.45) is 0. The van der Waals surface area contributed by atoms with Crippen LogP contribution < -0.4 is 5.32 Å². The van der Waals surface area contributed by atoms with Crippen molar-refractivity contribution in [2.24, 2.45) is 0 Å². The Kier molecular flexibility index (Phi) is 2.82. The third-order valence-corrected chi connectivity index (χ3v) is 2.33. The smallest absolute Gasteiger partial charge is 0.335 e. The van der Waals surface area contributed by atoms with Gasteiger partial charge in [0.05, 0.1) is 12.1 Å². The molecule has 17 heavy (non-hydrogen) atoms. The predicted molar refractivity (Wildman–Crippen MR) is 60.7 cm³/mol. The standard InChI is InChI=1S/C12H11NO4/c1-7(14)13-6-10-4-8-2-3-9(12(15)16)5-11(8)17-10/h2-5H,6H2,1H3,(H,13,14)(H,15,16). The van der Waals surface area contributed by atoms with E-state index in [-0.39, 0.29) is 11.5 Å². The molecule has 5 nitrogen and oxygen atoms in total. The zero-order valence-electron chi connectivity index (χ0n) is 9.19. The summed E-state index contributed by atoms with van der Waals surface area (Å²) < 4.78 is 5.43. The van der Waals surface area contributed by atoms with E-state index in [4.69, 9.17) is 9.52 Å². The minimum absolute atomic E-state index is 0.142. The van der Waals surface area contributed by atoms with Gasteiger partial charge in [-0.1, -0.05) is 6.07 Å². The Morgan fingerprint density at radius 1 is 1.35 bits per heavy atom. The summed E-state index contributed by atoms with van der Waals surface area (Å²) in [6, 6.07) is 6.44. The van der Waals surface area contributed by atoms with Gasteiger partial charge in [0.25, 0.3) is 0 Å². The second-order valence-corrected chi connectivity index (χ2v) is 3.68. The van der Waals surface area contributed by atoms with Crippen LogP contribution in [0, 0.1) is 0 Å². The average Bonchev–Trinajstić information content (AvgIpc) is 2.67. The Balaban J connectivity index is 2.30. The van der Waals surface area contributed by atoms with Crippen LogP contribution in [0.25, 0.3) is 11.0 Å². The van der Waals surface area contributed by atoms with E-state index in [0.29, 0.717) is 17.9 Å². The first kappa shape index (κ1) is 11.2. The minimum atomic E-state index is -0.994. The molecule has 0 saturated carbocycles. The van der Waals surface area contributed by atoms with Crippen molar-refractivity contribution in [3.05, 3.63) is 35.6 Å². The van der Waals surface area contributed by atoms with E-state index in [1.165, 1.54) is 19.1 Å². The molecule has 2 N–H and O–H groups in total. The lowest BCUT2D eigenvalue weighted by Crippen LogP contribution is -2.18. The molecule has 0 fully saturated rings. The van der Waals surface area contributed by atoms with Gasteiger partial charge in [0.2, 0.25) is 5.91 Å². The summed E-state index contributed by atoms with van der Waals surface area (Å²) in [5, 5.41) is 12.3. The predicted octanol–water partition coefficient (Wildman–Crippen LogP) is 1.77. The second-order valence-electron chi connectivity index (χ2n) is 3.68. The lowest BCUT2D eigenvalue weighted by atomic mass is 10.2. The van der Waals surface area contributed by atoms with Gasteiger partial charge in [-0.3, -0.25) is 4.79 Å². The summed E-state index contributed by atoms with van der Waals surface area (Å²) in [5.74, 6) is -0.541. The van der Waals surface area contributed by atoms with Crippen molar-refractivity contribution < 1.29 is 19.1 Å². The van der Waals surface area contributed by atoms with Gasteiger partial charge in [-0.25, -0.2) is 4.79 Å². The molecule has 0 aliphatic carbocycles. The SMILES string of the molecule is CC(=O)NCc1cc2ccc(C(=O)O)cc2o1. The molecule has 0 saturated heterocycles. The molecule has 2 rings (SSSR count). The maximum atomic E-state index is 10.8. The van der Waals surface area contributed by atoms with E-state index in [2.05, 4.69) is 5.32 Å². The van der Waals surface area contributed by atoms with E-state index in [9.17, 15) is 9.59 Å². The van der Waals surface area contributed by atoms with Crippen LogP contribution in [0.1, 0.15) is 23.0 Å². The molecule has 0 aliphatic rings. The lowest BCUT2D eigenvalue weighted by Gasteiger charge is -1.96. The maximum absolute atomic E-state index is 10.8. The summed E-state index contributed by atoms with van der Waals surface area (Å²) in [6.45, 7) is 1.72. The van der Waals surface area contributed by atoms with Crippen LogP contribution in [0.15, 0.2) is 28.7 Å². The number of hydrogen-bond donors (Lipinski definition) is 2. The normalized spacial score (nSPS) is 10.4. The molecule has 2 aromatic rings. The first-order chi connectivity index (χ1) is 8.06. The van der Waals surface area contributed by atoms with E-state index < -0.39 is 5.97 Å². The van der Waals surface area contributed by atoms with E-state index in [1.54, 1.807) is 12.1 Å². The number of carbonyl (C=O) groups is 2. The molecule has 1 aromatic heterocycles. The zero-order valence-corrected chi connectivity index (χ0v) is 9.19. The van der Waals surface area contributed by atoms with Crippen LogP contribution in [0.3, 0.4) is 0 Å². The number of amides is 1. The van der Waals surface area contributed by atoms with E-state index >= 15 is 0 Å². The Bertz CT molecular complexity index is 585. The van der Waals surface area contributed by atoms with Crippen molar-refractivity contribution in [2.45, 2.75) is 13.5 Å². The first-order valence-electron chi connectivity index (χ1n) is 5.06. The molecule has 5 heteroatoms. The van der Waals surface area contributed by atoms with E-state index in [1.807, 2.05) is 0 Å². The van der Waals surface area contributed by atoms with Gasteiger partial charge in [-0.15, -0.1) is 0 Å². The van der Waals surface area contributed by atoms with Crippen LogP contribution in [0.4, 0.5) is 0 Å². The van der Waals surface area contributed by atoms with Crippen LogP contribution in [0.5, 0.6) is 0 Å². The maximum Gasteiger partial charge on any atom is 0.335 e. The number of nitrogens with one attached hydrogen (secondary N) is 1. The molecule has 0 atom stereocenters. The van der Waals surface area contributed by atoms with Crippen LogP contribution in [0.2, 0.25) is 0 Å². The van der Waals surface area contributed by atoms with Gasteiger partial charge in [0.15, 0.2) is 0 Å². The highest BCUT2D eigenvalue weighted by atomic mass is 16.4. The van der Waals surface area contributed by atoms with Crippen LogP contribution in [-0.4, -0.2) is 17.0 Å². The lowest BCUT2D eigenvalue weighted by molar-refractivity contribution is -0.119. The van der Waals surface area contributed by atoms with Gasteiger partial charge in [-0.05, 0) is 18.2 Å². The van der Waals surface area contributed by atoms with Crippen molar-refractivity contribution in [3.63, 3.8) is 0 Å². The number of hydrogen-bond acceptors (Lipinski definition) is 3. The quantitative estimate of drug-likeness (QED) is 0.846. The van der Waals surface area contributed by atoms with Crippen molar-refractivity contribution in [1.29, 1.82) is 0 Å². The van der Waals surface area contributed by atoms with Gasteiger partial charge >= 0.3 is 5.97 Å². The van der Waals surface area contributed by atoms with Gasteiger partial charge < -0.3 is 14.8 Å². The number of carboxylic acids is 1. The Hall–Kier alpha value is -2.30. The highest BCUT2D eigenvalue weighted by molar-refractivity contribution is 5.92. The Morgan fingerprint density at radius 2 is 2.12 bits per heavy atom. The number of rotatable bonds is 3. The molecule has 1 amide bonds. The molecular weight excluding hydrogens is 222 g/mol. The highest BCUT2D eigenvalue weighted by Gasteiger charge is 2.08. The topological polar surface area (TPSA) is 79.5 Å². The van der Waals surface area contributed by atoms with Crippen molar-refractivity contribution in [1.82, 2.24) is 5.32 Å². The molecule has 0 spiro atoms. The minimum Gasteiger partial charge on any atom is -0.478 e. The van der Waals surface area contributed by atoms with E-state index in [0.717, 1.165) is 5.39 Å². The van der Waals surface area contributed by atoms with Crippen LogP contribution in [-0.2, 0) is 11.3 Å². The molecule has 0 radical (unpaired) electrons. The zero-order chi connectivity index (χ0) is 12.4. The largest absolute Gasteiger partial charge is 0.478 e. The number of fused-ring (bicyclic) bond motifs is 1. The average molecular weight is 233 g/mol. The fourth-order valence-electron chi connectivity index (χ4n) is 1.52. The summed E-state index contributed by atoms with van der Waals surface area (Å²) in [7, 11) is 0. The molecule has 1 aromatic carbocycles. The fraction of sp³-hybridized carbons (Fsp3) is 0.167. The van der Waals surface area contributed by atoms with Crippen LogP contribution >= 0.6 is 0 Å². The number of furan rings is 1. The van der Waals surface area contributed by atoms with Crippen molar-refractivity contribution in [2.75, 3.05) is 0 Å². The monoisotopic (exact) mass is 233 g/mol. The molecule has 0 bridgehead atoms. The Labute approximate surface area is 97.0 Å². The third kappa shape index (κ3) is 2.44. The number of aromatic carboxylic acids is 1. The number of carbonyl (C=O) groups excluding carboxylic acids is 1. The summed E-state index contributed by atoms with van der Waals surface area (Å²) >= 11 is 0. The Morgan fingerprint density at radius 3 is 2.76 bits per heavy atom. The molecule has 0 aliphatic heterocycles. The highest BCUT2D eigenvalue weighted by Crippen LogP contribution is 2.20. The van der Waals surface area contributed by atoms with Crippen molar-refractivity contribution >= 4 is 22.8 Å². The van der Waals surface area contributed by atoms with Gasteiger partial charge in [0, 0.05) is 12.3 Å². The molecule has 88 valence electrons. The molecule has 0 unspecified atom stereocenters. The summed E-state index contributed by atoms with van der Waals surface area (Å²) in [5.41, 5.74) is 0.683. The van der Waals surface area contributed by atoms with Gasteiger partial charge in [-0.2, -0.15) is 0 Å². The number of carboxylic acid groups (broad SMARTS) is 1. The van der Waals surface area contributed by atoms with Crippen molar-refractivity contribution in [3.8, 4) is 0 Å². The molecule has 1 heterocycles. The molecular formula is C12H11NO4. The second kappa shape index (κ2) is 4.29. The summed E-state index contributed by atoms with van der Waals surface area (Å²) in [4.78, 5) is 21.5. The third-order valence-electron chi connectivity index (χ3n) is 2.33.